The van der Waals surface area contributed by atoms with Gasteiger partial charge >= 0.3 is 12.2 Å². The van der Waals surface area contributed by atoms with E-state index in [0.717, 1.165) is 0 Å². The normalized spacial score (nSPS) is 11.6. The molecule has 132 valence electrons. The Labute approximate surface area is 142 Å². The van der Waals surface area contributed by atoms with E-state index in [1.54, 1.807) is 49.4 Å². The fraction of sp³-hybridized carbons (Fsp3) is 0.600. The molecule has 24 heavy (non-hydrogen) atoms. The van der Waals surface area contributed by atoms with E-state index in [0.29, 0.717) is 10.5 Å². The quantitative estimate of drug-likeness (QED) is 0.754. The molecule has 8 nitrogen and oxygen atoms in total. The van der Waals surface area contributed by atoms with Crippen LogP contribution in [-0.4, -0.2) is 48.3 Å². The summed E-state index contributed by atoms with van der Waals surface area (Å²) >= 11 is 0. The van der Waals surface area contributed by atoms with Gasteiger partial charge in [-0.2, -0.15) is 4.90 Å². The molecule has 1 aromatic rings. The van der Waals surface area contributed by atoms with Crippen LogP contribution in [0.25, 0.3) is 0 Å². The maximum absolute atomic E-state index is 12.5. The van der Waals surface area contributed by atoms with E-state index in [4.69, 9.17) is 14.2 Å². The Hall–Kier alpha value is -2.32. The van der Waals surface area contributed by atoms with Gasteiger partial charge in [-0.25, -0.2) is 19.6 Å². The Bertz CT molecular complexity index is 595. The minimum absolute atomic E-state index is 0.0201. The lowest BCUT2D eigenvalue weighted by molar-refractivity contribution is 0.0427. The summed E-state index contributed by atoms with van der Waals surface area (Å²) in [5.41, 5.74) is -1.03. The molecule has 0 fully saturated rings. The van der Waals surface area contributed by atoms with Gasteiger partial charge in [0.25, 0.3) is 5.88 Å². The average Bonchev–Trinajstić information content (AvgIpc) is 2.36. The summed E-state index contributed by atoms with van der Waals surface area (Å²) in [5.74, 6) is -0.0710. The first kappa shape index (κ1) is 19.7. The highest BCUT2D eigenvalue weighted by molar-refractivity contribution is 6.30. The molecule has 0 aromatic carbocycles. The van der Waals surface area contributed by atoms with Crippen molar-refractivity contribution in [1.29, 1.82) is 0 Å². The van der Waals surface area contributed by atoms with Crippen LogP contribution >= 0.6 is 0 Å². The van der Waals surface area contributed by atoms with Crippen LogP contribution < -0.4 is 15.2 Å². The summed E-state index contributed by atoms with van der Waals surface area (Å²) < 4.78 is 15.7. The summed E-state index contributed by atoms with van der Waals surface area (Å²) in [6.45, 7) is 10.1. The molecule has 0 saturated carbocycles. The van der Waals surface area contributed by atoms with Gasteiger partial charge < -0.3 is 14.2 Å². The first-order valence-corrected chi connectivity index (χ1v) is 7.48. The Balaban J connectivity index is 3.33. The van der Waals surface area contributed by atoms with Gasteiger partial charge in [0, 0.05) is 11.8 Å². The van der Waals surface area contributed by atoms with Gasteiger partial charge in [0.1, 0.15) is 11.2 Å². The lowest BCUT2D eigenvalue weighted by Crippen LogP contribution is -2.44. The first-order valence-electron chi connectivity index (χ1n) is 7.48. The number of amides is 2. The van der Waals surface area contributed by atoms with E-state index >= 15 is 0 Å². The van der Waals surface area contributed by atoms with E-state index in [1.165, 1.54) is 13.3 Å². The standard InChI is InChI=1S/C15H24BN3O5/c1-14(2,3)23-12(20)19(13(21)24-15(4,5)6)10-11(22-7)18-9(16)8-17-10/h8H,16H2,1-7H3. The first-order chi connectivity index (χ1) is 10.8. The summed E-state index contributed by atoms with van der Waals surface area (Å²) in [5, 5.41) is 0. The van der Waals surface area contributed by atoms with Crippen LogP contribution in [0.1, 0.15) is 41.5 Å². The maximum Gasteiger partial charge on any atom is 0.425 e. The predicted molar refractivity (Wildman–Crippen MR) is 91.7 cm³/mol. The second-order valence-electron chi connectivity index (χ2n) is 7.14. The lowest BCUT2D eigenvalue weighted by atomic mass is 10.1. The Morgan fingerprint density at radius 1 is 1.04 bits per heavy atom. The van der Waals surface area contributed by atoms with Crippen molar-refractivity contribution in [1.82, 2.24) is 9.97 Å². The molecule has 1 aromatic heterocycles. The van der Waals surface area contributed by atoms with Crippen LogP contribution in [0.4, 0.5) is 15.4 Å². The number of methoxy groups -OCH3 is 1. The van der Waals surface area contributed by atoms with Gasteiger partial charge in [0.2, 0.25) is 5.82 Å². The number of hydrogen-bond acceptors (Lipinski definition) is 7. The minimum Gasteiger partial charge on any atom is -0.478 e. The van der Waals surface area contributed by atoms with E-state index in [-0.39, 0.29) is 11.7 Å². The molecule has 0 bridgehead atoms. The number of anilines is 1. The largest absolute Gasteiger partial charge is 0.478 e. The number of carbonyl (C=O) groups excluding carboxylic acids is 2. The molecular formula is C15H24BN3O5. The van der Waals surface area contributed by atoms with E-state index < -0.39 is 23.4 Å². The monoisotopic (exact) mass is 337 g/mol. The number of aromatic nitrogens is 2. The fourth-order valence-corrected chi connectivity index (χ4v) is 1.60. The van der Waals surface area contributed by atoms with Crippen LogP contribution in [0.15, 0.2) is 6.20 Å². The Kier molecular flexibility index (Phi) is 5.81. The van der Waals surface area contributed by atoms with Crippen molar-refractivity contribution in [3.8, 4) is 5.88 Å². The van der Waals surface area contributed by atoms with Crippen LogP contribution in [0.2, 0.25) is 0 Å². The summed E-state index contributed by atoms with van der Waals surface area (Å²) in [6, 6.07) is 0. The molecule has 0 spiro atoms. The predicted octanol–water partition coefficient (Wildman–Crippen LogP) is 1.42. The number of rotatable bonds is 2. The Morgan fingerprint density at radius 3 is 1.88 bits per heavy atom. The number of hydrogen-bond donors (Lipinski definition) is 0. The molecule has 0 aliphatic carbocycles. The summed E-state index contributed by atoms with van der Waals surface area (Å²) in [7, 11) is 3.08. The van der Waals surface area contributed by atoms with Crippen molar-refractivity contribution >= 4 is 31.4 Å². The fourth-order valence-electron chi connectivity index (χ4n) is 1.60. The highest BCUT2D eigenvalue weighted by Crippen LogP contribution is 2.25. The second-order valence-corrected chi connectivity index (χ2v) is 7.14. The molecular weight excluding hydrogens is 313 g/mol. The van der Waals surface area contributed by atoms with Gasteiger partial charge in [-0.3, -0.25) is 0 Å². The van der Waals surface area contributed by atoms with Gasteiger partial charge in [-0.15, -0.1) is 0 Å². The molecule has 9 heteroatoms. The lowest BCUT2D eigenvalue weighted by Gasteiger charge is -2.28. The number of imide groups is 1. The van der Waals surface area contributed by atoms with Crippen molar-refractivity contribution in [2.75, 3.05) is 12.0 Å². The van der Waals surface area contributed by atoms with E-state index in [2.05, 4.69) is 9.97 Å². The summed E-state index contributed by atoms with van der Waals surface area (Å²) in [6.07, 6.45) is -0.430. The molecule has 1 heterocycles. The maximum atomic E-state index is 12.5. The zero-order chi connectivity index (χ0) is 18.7. The number of carbonyl (C=O) groups is 2. The van der Waals surface area contributed by atoms with Gasteiger partial charge in [-0.05, 0) is 41.5 Å². The van der Waals surface area contributed by atoms with Crippen LogP contribution in [-0.2, 0) is 9.47 Å². The second kappa shape index (κ2) is 7.06. The zero-order valence-electron chi connectivity index (χ0n) is 15.5. The molecule has 0 N–H and O–H groups in total. The zero-order valence-corrected chi connectivity index (χ0v) is 15.5. The van der Waals surface area contributed by atoms with Crippen molar-refractivity contribution in [3.63, 3.8) is 0 Å². The minimum atomic E-state index is -0.923. The molecule has 0 aliphatic rings. The molecule has 0 unspecified atom stereocenters. The smallest absolute Gasteiger partial charge is 0.425 e. The van der Waals surface area contributed by atoms with Crippen LogP contribution in [0, 0.1) is 0 Å². The van der Waals surface area contributed by atoms with Crippen molar-refractivity contribution in [2.24, 2.45) is 0 Å². The SMILES string of the molecule is Bc1cnc(N(C(=O)OC(C)(C)C)C(=O)OC(C)(C)C)c(OC)n1. The topological polar surface area (TPSA) is 90.9 Å². The number of nitrogens with zero attached hydrogens (tertiary/aromatic N) is 3. The third-order valence-electron chi connectivity index (χ3n) is 2.40. The van der Waals surface area contributed by atoms with Crippen molar-refractivity contribution < 1.29 is 23.8 Å². The molecule has 1 rings (SSSR count). The highest BCUT2D eigenvalue weighted by atomic mass is 16.6. The molecule has 0 aliphatic heterocycles. The van der Waals surface area contributed by atoms with Crippen molar-refractivity contribution in [2.45, 2.75) is 52.7 Å². The molecule has 0 atom stereocenters. The van der Waals surface area contributed by atoms with E-state index in [1.807, 2.05) is 0 Å². The van der Waals surface area contributed by atoms with Gasteiger partial charge in [0.05, 0.1) is 7.11 Å². The number of ether oxygens (including phenoxy) is 3. The third-order valence-corrected chi connectivity index (χ3v) is 2.40. The Morgan fingerprint density at radius 2 is 1.50 bits per heavy atom. The van der Waals surface area contributed by atoms with Gasteiger partial charge in [-0.1, -0.05) is 0 Å². The summed E-state index contributed by atoms with van der Waals surface area (Å²) in [4.78, 5) is 33.9. The highest BCUT2D eigenvalue weighted by Gasteiger charge is 2.36. The average molecular weight is 337 g/mol. The van der Waals surface area contributed by atoms with E-state index in [9.17, 15) is 9.59 Å². The van der Waals surface area contributed by atoms with Crippen molar-refractivity contribution in [3.05, 3.63) is 6.20 Å². The van der Waals surface area contributed by atoms with Crippen LogP contribution in [0.3, 0.4) is 0 Å². The molecule has 2 amide bonds. The van der Waals surface area contributed by atoms with Crippen LogP contribution in [0.5, 0.6) is 5.88 Å². The molecule has 0 saturated heterocycles. The molecule has 0 radical (unpaired) electrons. The van der Waals surface area contributed by atoms with Gasteiger partial charge in [0.15, 0.2) is 7.85 Å². The third kappa shape index (κ3) is 5.71.